The summed E-state index contributed by atoms with van der Waals surface area (Å²) in [4.78, 5) is 18.6. The Bertz CT molecular complexity index is 1280. The molecule has 0 aliphatic carbocycles. The monoisotopic (exact) mass is 433 g/mol. The largest absolute Gasteiger partial charge is 0.356 e. The molecule has 4 nitrogen and oxygen atoms in total. The van der Waals surface area contributed by atoms with Crippen molar-refractivity contribution in [2.45, 2.75) is 19.4 Å². The Hall–Kier alpha value is -3.31. The lowest BCUT2D eigenvalue weighted by molar-refractivity contribution is 0.193. The van der Waals surface area contributed by atoms with E-state index in [2.05, 4.69) is 16.4 Å². The van der Waals surface area contributed by atoms with Gasteiger partial charge in [-0.3, -0.25) is 0 Å². The Labute approximate surface area is 184 Å². The molecule has 0 radical (unpaired) electrons. The highest BCUT2D eigenvalue weighted by atomic mass is 35.5. The Kier molecular flexibility index (Phi) is 4.91. The number of urea groups is 1. The van der Waals surface area contributed by atoms with Crippen molar-refractivity contribution in [3.8, 4) is 0 Å². The van der Waals surface area contributed by atoms with Crippen LogP contribution in [0, 0.1) is 12.7 Å². The molecule has 3 aromatic carbocycles. The Morgan fingerprint density at radius 1 is 1.13 bits per heavy atom. The van der Waals surface area contributed by atoms with Gasteiger partial charge in [0.05, 0.1) is 6.04 Å². The minimum Gasteiger partial charge on any atom is -0.356 e. The molecule has 0 bridgehead atoms. The summed E-state index contributed by atoms with van der Waals surface area (Å²) in [6.07, 6.45) is 0.735. The number of carbonyl (C=O) groups is 1. The van der Waals surface area contributed by atoms with Gasteiger partial charge in [-0.25, -0.2) is 9.18 Å². The van der Waals surface area contributed by atoms with Crippen molar-refractivity contribution in [2.75, 3.05) is 11.9 Å². The van der Waals surface area contributed by atoms with E-state index in [4.69, 9.17) is 11.6 Å². The quantitative estimate of drug-likeness (QED) is 0.375. The number of fused-ring (bicyclic) bond motifs is 3. The van der Waals surface area contributed by atoms with Crippen LogP contribution in [0.15, 0.2) is 66.7 Å². The highest BCUT2D eigenvalue weighted by Gasteiger charge is 2.34. The molecule has 5 rings (SSSR count). The number of nitrogens with zero attached hydrogens (tertiary/aromatic N) is 1. The number of benzene rings is 3. The Balaban J connectivity index is 1.56. The predicted molar refractivity (Wildman–Crippen MR) is 122 cm³/mol. The molecule has 2 amide bonds. The zero-order chi connectivity index (χ0) is 21.5. The first kappa shape index (κ1) is 19.6. The van der Waals surface area contributed by atoms with Crippen molar-refractivity contribution >= 4 is 34.2 Å². The maximum Gasteiger partial charge on any atom is 0.322 e. The molecule has 0 spiro atoms. The molecule has 1 aromatic heterocycles. The normalized spacial score (nSPS) is 15.7. The van der Waals surface area contributed by atoms with E-state index in [0.717, 1.165) is 34.1 Å². The molecule has 4 aromatic rings. The summed E-state index contributed by atoms with van der Waals surface area (Å²) in [5.41, 5.74) is 5.65. The number of hydrogen-bond acceptors (Lipinski definition) is 1. The van der Waals surface area contributed by atoms with E-state index >= 15 is 0 Å². The van der Waals surface area contributed by atoms with Crippen LogP contribution < -0.4 is 5.32 Å². The molecule has 0 saturated carbocycles. The molecule has 1 atom stereocenters. The molecule has 31 heavy (non-hydrogen) atoms. The average molecular weight is 434 g/mol. The zero-order valence-electron chi connectivity index (χ0n) is 17.0. The molecule has 6 heteroatoms. The van der Waals surface area contributed by atoms with Crippen molar-refractivity contribution < 1.29 is 9.18 Å². The summed E-state index contributed by atoms with van der Waals surface area (Å²) in [5, 5.41) is 4.73. The van der Waals surface area contributed by atoms with E-state index in [9.17, 15) is 9.18 Å². The van der Waals surface area contributed by atoms with E-state index in [1.807, 2.05) is 37.3 Å². The van der Waals surface area contributed by atoms with Gasteiger partial charge in [0.15, 0.2) is 0 Å². The summed E-state index contributed by atoms with van der Waals surface area (Å²) in [6.45, 7) is 2.46. The number of nitrogens with one attached hydrogen (secondary N) is 2. The summed E-state index contributed by atoms with van der Waals surface area (Å²) in [7, 11) is 0. The van der Waals surface area contributed by atoms with Gasteiger partial charge in [-0.15, -0.1) is 0 Å². The third-order valence-electron chi connectivity index (χ3n) is 5.90. The van der Waals surface area contributed by atoms with Crippen LogP contribution in [0.3, 0.4) is 0 Å². The SMILES string of the molecule is Cc1ccc(NC(=O)N2CCc3c([nH]c4ccccc34)[C@H]2c2ccc(F)cc2)cc1Cl. The second kappa shape index (κ2) is 7.75. The molecule has 0 fully saturated rings. The number of hydrogen-bond donors (Lipinski definition) is 2. The second-order valence-electron chi connectivity index (χ2n) is 7.85. The second-order valence-corrected chi connectivity index (χ2v) is 8.26. The van der Waals surface area contributed by atoms with Gasteiger partial charge in [0, 0.05) is 33.9 Å². The molecule has 2 heterocycles. The summed E-state index contributed by atoms with van der Waals surface area (Å²) in [5.74, 6) is -0.304. The number of amides is 2. The first-order chi connectivity index (χ1) is 15.0. The number of carbonyl (C=O) groups excluding carboxylic acids is 1. The fraction of sp³-hybridized carbons (Fsp3) is 0.160. The fourth-order valence-corrected chi connectivity index (χ4v) is 4.50. The number of rotatable bonds is 2. The zero-order valence-corrected chi connectivity index (χ0v) is 17.7. The van der Waals surface area contributed by atoms with Crippen molar-refractivity contribution in [1.29, 1.82) is 0 Å². The Morgan fingerprint density at radius 3 is 2.68 bits per heavy atom. The predicted octanol–water partition coefficient (Wildman–Crippen LogP) is 6.45. The molecule has 156 valence electrons. The highest BCUT2D eigenvalue weighted by Crippen LogP contribution is 2.38. The van der Waals surface area contributed by atoms with Gasteiger partial charge in [0.2, 0.25) is 0 Å². The van der Waals surface area contributed by atoms with Crippen LogP contribution in [-0.2, 0) is 6.42 Å². The fourth-order valence-electron chi connectivity index (χ4n) is 4.32. The topological polar surface area (TPSA) is 48.1 Å². The lowest BCUT2D eigenvalue weighted by Gasteiger charge is -2.36. The average Bonchev–Trinajstić information content (AvgIpc) is 3.15. The lowest BCUT2D eigenvalue weighted by Crippen LogP contribution is -2.43. The minimum atomic E-state index is -0.349. The van der Waals surface area contributed by atoms with E-state index in [0.29, 0.717) is 17.3 Å². The maximum absolute atomic E-state index is 13.6. The van der Waals surface area contributed by atoms with Crippen molar-refractivity contribution in [3.63, 3.8) is 0 Å². The molecular weight excluding hydrogens is 413 g/mol. The summed E-state index contributed by atoms with van der Waals surface area (Å²) in [6, 6.07) is 19.4. The highest BCUT2D eigenvalue weighted by molar-refractivity contribution is 6.31. The van der Waals surface area contributed by atoms with E-state index < -0.39 is 0 Å². The van der Waals surface area contributed by atoms with Crippen molar-refractivity contribution in [3.05, 3.63) is 100.0 Å². The molecule has 2 N–H and O–H groups in total. The van der Waals surface area contributed by atoms with Gasteiger partial charge in [-0.1, -0.05) is 48.0 Å². The number of para-hydroxylation sites is 1. The van der Waals surface area contributed by atoms with Gasteiger partial charge in [-0.05, 0) is 60.4 Å². The lowest BCUT2D eigenvalue weighted by atomic mass is 9.92. The number of aromatic amines is 1. The van der Waals surface area contributed by atoms with E-state index in [1.165, 1.54) is 17.7 Å². The van der Waals surface area contributed by atoms with Gasteiger partial charge >= 0.3 is 6.03 Å². The first-order valence-corrected chi connectivity index (χ1v) is 10.6. The minimum absolute atomic E-state index is 0.224. The van der Waals surface area contributed by atoms with Crippen LogP contribution in [0.2, 0.25) is 5.02 Å². The number of aryl methyl sites for hydroxylation is 1. The summed E-state index contributed by atoms with van der Waals surface area (Å²) >= 11 is 6.23. The van der Waals surface area contributed by atoms with Crippen LogP contribution >= 0.6 is 11.6 Å². The maximum atomic E-state index is 13.6. The Morgan fingerprint density at radius 2 is 1.90 bits per heavy atom. The molecule has 1 aliphatic rings. The van der Waals surface area contributed by atoms with Gasteiger partial charge in [-0.2, -0.15) is 0 Å². The number of H-pyrrole nitrogens is 1. The van der Waals surface area contributed by atoms with Gasteiger partial charge in [0.25, 0.3) is 0 Å². The van der Waals surface area contributed by atoms with Crippen molar-refractivity contribution in [2.24, 2.45) is 0 Å². The van der Waals surface area contributed by atoms with Crippen molar-refractivity contribution in [1.82, 2.24) is 9.88 Å². The summed E-state index contributed by atoms with van der Waals surface area (Å²) < 4.78 is 13.6. The molecular formula is C25H21ClFN3O. The van der Waals surface area contributed by atoms with Crippen LogP contribution in [0.4, 0.5) is 14.9 Å². The number of anilines is 1. The third kappa shape index (κ3) is 3.55. The van der Waals surface area contributed by atoms with Crippen LogP contribution in [0.25, 0.3) is 10.9 Å². The van der Waals surface area contributed by atoms with Gasteiger partial charge < -0.3 is 15.2 Å². The standard InChI is InChI=1S/C25H21ClFN3O/c1-15-6-11-18(14-21(15)26)28-25(31)30-13-12-20-19-4-2-3-5-22(19)29-23(20)24(30)16-7-9-17(27)10-8-16/h2-11,14,24,29H,12-13H2,1H3,(H,28,31)/t24-/m1/s1. The molecule has 0 saturated heterocycles. The van der Waals surface area contributed by atoms with Crippen LogP contribution in [0.1, 0.15) is 28.4 Å². The molecule has 0 unspecified atom stereocenters. The van der Waals surface area contributed by atoms with Gasteiger partial charge in [0.1, 0.15) is 5.82 Å². The molecule has 1 aliphatic heterocycles. The number of halogens is 2. The van der Waals surface area contributed by atoms with E-state index in [-0.39, 0.29) is 17.9 Å². The number of aromatic nitrogens is 1. The van der Waals surface area contributed by atoms with Crippen LogP contribution in [-0.4, -0.2) is 22.5 Å². The van der Waals surface area contributed by atoms with E-state index in [1.54, 1.807) is 23.1 Å². The van der Waals surface area contributed by atoms with Crippen LogP contribution in [0.5, 0.6) is 0 Å². The third-order valence-corrected chi connectivity index (χ3v) is 6.31. The first-order valence-electron chi connectivity index (χ1n) is 10.2. The smallest absolute Gasteiger partial charge is 0.322 e.